The molecule has 2 heterocycles. The lowest BCUT2D eigenvalue weighted by Gasteiger charge is -2.32. The number of carbonyl (C=O) groups excluding carboxylic acids is 2. The highest BCUT2D eigenvalue weighted by Gasteiger charge is 2.37. The first-order valence-corrected chi connectivity index (χ1v) is 12.6. The molecule has 0 aliphatic carbocycles. The Balaban J connectivity index is 1.62. The summed E-state index contributed by atoms with van der Waals surface area (Å²) >= 11 is 0. The van der Waals surface area contributed by atoms with Crippen LogP contribution in [0.5, 0.6) is 17.2 Å². The van der Waals surface area contributed by atoms with Crippen molar-refractivity contribution >= 4 is 17.6 Å². The van der Waals surface area contributed by atoms with Gasteiger partial charge in [-0.25, -0.2) is 5.01 Å². The van der Waals surface area contributed by atoms with Crippen LogP contribution in [0.3, 0.4) is 0 Å². The normalized spacial score (nSPS) is 19.8. The summed E-state index contributed by atoms with van der Waals surface area (Å²) in [6, 6.07) is 12.9. The highest BCUT2D eigenvalue weighted by Crippen LogP contribution is 2.40. The number of amides is 1. The highest BCUT2D eigenvalue weighted by atomic mass is 16.5. The Bertz CT molecular complexity index is 1150. The number of rotatable bonds is 9. The Morgan fingerprint density at radius 2 is 1.81 bits per heavy atom. The van der Waals surface area contributed by atoms with E-state index in [9.17, 15) is 9.59 Å². The molecule has 2 unspecified atom stereocenters. The van der Waals surface area contributed by atoms with Gasteiger partial charge in [0.25, 0.3) is 5.91 Å². The molecule has 2 aromatic rings. The number of likely N-dealkylation sites (tertiary alicyclic amines) is 1. The second-order valence-electron chi connectivity index (χ2n) is 9.14. The van der Waals surface area contributed by atoms with Crippen LogP contribution in [0.1, 0.15) is 43.4 Å². The van der Waals surface area contributed by atoms with Crippen LogP contribution < -0.4 is 14.2 Å². The van der Waals surface area contributed by atoms with Crippen LogP contribution >= 0.6 is 0 Å². The molecule has 0 N–H and O–H groups in total. The van der Waals surface area contributed by atoms with E-state index in [4.69, 9.17) is 24.0 Å². The number of esters is 1. The topological polar surface area (TPSA) is 89.9 Å². The third-order valence-electron chi connectivity index (χ3n) is 6.87. The first kappa shape index (κ1) is 26.5. The van der Waals surface area contributed by atoms with E-state index in [1.165, 1.54) is 0 Å². The lowest BCUT2D eigenvalue weighted by atomic mass is 9.96. The van der Waals surface area contributed by atoms with Gasteiger partial charge in [0.2, 0.25) is 0 Å². The average molecular weight is 510 g/mol. The SMILES string of the molecule is CCOC(=O)C1CCCN(CC(=O)N2N=C(c3ccccc3OC)CC2c2ccc(OC)cc2OC)C1. The van der Waals surface area contributed by atoms with Crippen molar-refractivity contribution in [3.05, 3.63) is 53.6 Å². The molecular formula is C28H35N3O6. The Morgan fingerprint density at radius 1 is 1.03 bits per heavy atom. The van der Waals surface area contributed by atoms with Crippen molar-refractivity contribution < 1.29 is 28.5 Å². The van der Waals surface area contributed by atoms with Gasteiger partial charge in [0.05, 0.1) is 52.2 Å². The van der Waals surface area contributed by atoms with Crippen molar-refractivity contribution in [2.24, 2.45) is 11.0 Å². The van der Waals surface area contributed by atoms with Crippen molar-refractivity contribution in [1.29, 1.82) is 0 Å². The Kier molecular flexibility index (Phi) is 8.66. The molecule has 2 aliphatic rings. The summed E-state index contributed by atoms with van der Waals surface area (Å²) < 4.78 is 21.8. The fourth-order valence-electron chi connectivity index (χ4n) is 5.04. The first-order chi connectivity index (χ1) is 18.0. The molecule has 1 saturated heterocycles. The standard InChI is InChI=1S/C28H35N3O6/c1-5-37-28(33)19-9-8-14-30(17-19)18-27(32)31-24(22-13-12-20(34-2)15-26(22)36-4)16-23(29-31)21-10-6-7-11-25(21)35-3/h6-7,10-13,15,19,24H,5,8-9,14,16-18H2,1-4H3. The summed E-state index contributed by atoms with van der Waals surface area (Å²) in [6.07, 6.45) is 2.11. The number of hydrogen-bond donors (Lipinski definition) is 0. The first-order valence-electron chi connectivity index (χ1n) is 12.6. The number of nitrogens with zero attached hydrogens (tertiary/aromatic N) is 3. The van der Waals surface area contributed by atoms with Gasteiger partial charge in [-0.15, -0.1) is 0 Å². The maximum absolute atomic E-state index is 13.7. The molecule has 0 aromatic heterocycles. The van der Waals surface area contributed by atoms with Gasteiger partial charge in [0.15, 0.2) is 0 Å². The molecule has 2 atom stereocenters. The lowest BCUT2D eigenvalue weighted by molar-refractivity contribution is -0.150. The highest BCUT2D eigenvalue weighted by molar-refractivity contribution is 6.05. The molecular weight excluding hydrogens is 474 g/mol. The summed E-state index contributed by atoms with van der Waals surface area (Å²) in [6.45, 7) is 3.56. The summed E-state index contributed by atoms with van der Waals surface area (Å²) in [4.78, 5) is 28.0. The van der Waals surface area contributed by atoms with Crippen LogP contribution in [0.25, 0.3) is 0 Å². The average Bonchev–Trinajstić information content (AvgIpc) is 3.38. The van der Waals surface area contributed by atoms with Crippen LogP contribution in [-0.4, -0.2) is 75.1 Å². The van der Waals surface area contributed by atoms with E-state index in [0.717, 1.165) is 36.2 Å². The molecule has 0 bridgehead atoms. The second kappa shape index (κ2) is 12.1. The monoisotopic (exact) mass is 509 g/mol. The predicted octanol–water partition coefficient (Wildman–Crippen LogP) is 3.67. The van der Waals surface area contributed by atoms with E-state index in [1.54, 1.807) is 33.3 Å². The third-order valence-corrected chi connectivity index (χ3v) is 6.87. The number of hydrazone groups is 1. The van der Waals surface area contributed by atoms with E-state index >= 15 is 0 Å². The summed E-state index contributed by atoms with van der Waals surface area (Å²) in [7, 11) is 4.83. The van der Waals surface area contributed by atoms with Crippen molar-refractivity contribution in [3.8, 4) is 17.2 Å². The maximum atomic E-state index is 13.7. The largest absolute Gasteiger partial charge is 0.497 e. The van der Waals surface area contributed by atoms with Crippen LogP contribution in [0, 0.1) is 5.92 Å². The number of methoxy groups -OCH3 is 3. The maximum Gasteiger partial charge on any atom is 0.310 e. The zero-order chi connectivity index (χ0) is 26.4. The van der Waals surface area contributed by atoms with E-state index in [1.807, 2.05) is 47.4 Å². The number of ether oxygens (including phenoxy) is 4. The molecule has 9 heteroatoms. The molecule has 0 saturated carbocycles. The molecule has 0 radical (unpaired) electrons. The van der Waals surface area contributed by atoms with Gasteiger partial charge in [-0.2, -0.15) is 5.10 Å². The van der Waals surface area contributed by atoms with Gasteiger partial charge in [0, 0.05) is 30.2 Å². The quantitative estimate of drug-likeness (QED) is 0.477. The molecule has 2 aromatic carbocycles. The third kappa shape index (κ3) is 5.88. The smallest absolute Gasteiger partial charge is 0.310 e. The Labute approximate surface area is 217 Å². The zero-order valence-electron chi connectivity index (χ0n) is 21.9. The molecule has 198 valence electrons. The fraction of sp³-hybridized carbons (Fsp3) is 0.464. The van der Waals surface area contributed by atoms with Gasteiger partial charge in [0.1, 0.15) is 17.2 Å². The predicted molar refractivity (Wildman–Crippen MR) is 139 cm³/mol. The Morgan fingerprint density at radius 3 is 2.54 bits per heavy atom. The van der Waals surface area contributed by atoms with E-state index in [0.29, 0.717) is 36.8 Å². The van der Waals surface area contributed by atoms with Gasteiger partial charge in [-0.05, 0) is 50.6 Å². The van der Waals surface area contributed by atoms with Crippen molar-refractivity contribution in [2.75, 3.05) is 47.6 Å². The minimum absolute atomic E-state index is 0.141. The number of benzene rings is 2. The van der Waals surface area contributed by atoms with Crippen LogP contribution in [0.15, 0.2) is 47.6 Å². The van der Waals surface area contributed by atoms with Crippen LogP contribution in [0.2, 0.25) is 0 Å². The summed E-state index contributed by atoms with van der Waals surface area (Å²) in [5, 5.41) is 6.36. The van der Waals surface area contributed by atoms with E-state index in [2.05, 4.69) is 0 Å². The Hall–Kier alpha value is -3.59. The zero-order valence-corrected chi connectivity index (χ0v) is 21.9. The van der Waals surface area contributed by atoms with Crippen molar-refractivity contribution in [3.63, 3.8) is 0 Å². The van der Waals surface area contributed by atoms with E-state index < -0.39 is 0 Å². The second-order valence-corrected chi connectivity index (χ2v) is 9.14. The van der Waals surface area contributed by atoms with Gasteiger partial charge in [-0.3, -0.25) is 14.5 Å². The number of para-hydroxylation sites is 1. The number of carbonyl (C=O) groups is 2. The molecule has 1 fully saturated rings. The molecule has 37 heavy (non-hydrogen) atoms. The fourth-order valence-corrected chi connectivity index (χ4v) is 5.04. The van der Waals surface area contributed by atoms with Crippen LogP contribution in [0.4, 0.5) is 0 Å². The molecule has 2 aliphatic heterocycles. The lowest BCUT2D eigenvalue weighted by Crippen LogP contribution is -2.44. The molecule has 4 rings (SSSR count). The minimum Gasteiger partial charge on any atom is -0.497 e. The molecule has 9 nitrogen and oxygen atoms in total. The van der Waals surface area contributed by atoms with Gasteiger partial charge in [-0.1, -0.05) is 12.1 Å². The summed E-state index contributed by atoms with van der Waals surface area (Å²) in [5.41, 5.74) is 2.45. The molecule has 0 spiro atoms. The molecule has 1 amide bonds. The number of piperidine rings is 1. The number of hydrogen-bond acceptors (Lipinski definition) is 8. The summed E-state index contributed by atoms with van der Waals surface area (Å²) in [5.74, 6) is 1.43. The minimum atomic E-state index is -0.362. The van der Waals surface area contributed by atoms with Gasteiger partial charge >= 0.3 is 5.97 Å². The van der Waals surface area contributed by atoms with Gasteiger partial charge < -0.3 is 18.9 Å². The van der Waals surface area contributed by atoms with Crippen molar-refractivity contribution in [1.82, 2.24) is 9.91 Å². The van der Waals surface area contributed by atoms with Crippen LogP contribution in [-0.2, 0) is 14.3 Å². The van der Waals surface area contributed by atoms with Crippen molar-refractivity contribution in [2.45, 2.75) is 32.2 Å². The van der Waals surface area contributed by atoms with E-state index in [-0.39, 0.29) is 30.4 Å².